The number of hydrogen-bond acceptors (Lipinski definition) is 2. The van der Waals surface area contributed by atoms with E-state index < -0.39 is 0 Å². The van der Waals surface area contributed by atoms with Crippen LogP contribution < -0.4 is 4.74 Å². The third kappa shape index (κ3) is 8.07. The highest BCUT2D eigenvalue weighted by molar-refractivity contribution is 5.65. The monoisotopic (exact) mass is 400 g/mol. The fourth-order valence-corrected chi connectivity index (χ4v) is 4.49. The molecule has 0 spiro atoms. The standard InChI is InChI=1S/C27H44O2/c1-20(2)10-7-11-21(3)12-8-13-22(4)14-9-16-27(6)17-15-24-19-25(28)18-23(5)26(24)29-27/h15,17-22,28H,7-14,16H2,1-6H3/t21-,22-,27?/m0/s1. The average molecular weight is 401 g/mol. The van der Waals surface area contributed by atoms with E-state index in [0.717, 1.165) is 41.1 Å². The summed E-state index contributed by atoms with van der Waals surface area (Å²) in [5.74, 6) is 3.74. The molecule has 0 radical (unpaired) electrons. The summed E-state index contributed by atoms with van der Waals surface area (Å²) >= 11 is 0. The van der Waals surface area contributed by atoms with Crippen LogP contribution in [0, 0.1) is 24.7 Å². The zero-order valence-electron chi connectivity index (χ0n) is 19.8. The van der Waals surface area contributed by atoms with Crippen LogP contribution >= 0.6 is 0 Å². The molecule has 0 saturated carbocycles. The lowest BCUT2D eigenvalue weighted by Gasteiger charge is -2.33. The van der Waals surface area contributed by atoms with Crippen LogP contribution in [0.15, 0.2) is 18.2 Å². The molecule has 0 amide bonds. The van der Waals surface area contributed by atoms with E-state index in [1.807, 2.05) is 6.92 Å². The number of rotatable bonds is 12. The van der Waals surface area contributed by atoms with Gasteiger partial charge in [0.15, 0.2) is 0 Å². The Morgan fingerprint density at radius 1 is 0.897 bits per heavy atom. The van der Waals surface area contributed by atoms with E-state index in [4.69, 9.17) is 4.74 Å². The molecule has 0 fully saturated rings. The van der Waals surface area contributed by atoms with Crippen molar-refractivity contribution in [1.29, 1.82) is 0 Å². The van der Waals surface area contributed by atoms with Gasteiger partial charge < -0.3 is 9.84 Å². The van der Waals surface area contributed by atoms with Gasteiger partial charge in [-0.2, -0.15) is 0 Å². The molecule has 1 aromatic carbocycles. The van der Waals surface area contributed by atoms with Gasteiger partial charge in [-0.3, -0.25) is 0 Å². The second-order valence-corrected chi connectivity index (χ2v) is 10.3. The first-order valence-electron chi connectivity index (χ1n) is 11.9. The Bertz CT molecular complexity index is 661. The van der Waals surface area contributed by atoms with Crippen LogP contribution in [0.2, 0.25) is 0 Å². The highest BCUT2D eigenvalue weighted by atomic mass is 16.5. The zero-order chi connectivity index (χ0) is 21.4. The van der Waals surface area contributed by atoms with Crippen LogP contribution in [0.5, 0.6) is 11.5 Å². The Hall–Kier alpha value is -1.44. The molecule has 0 bridgehead atoms. The van der Waals surface area contributed by atoms with Gasteiger partial charge in [0.1, 0.15) is 17.1 Å². The fourth-order valence-electron chi connectivity index (χ4n) is 4.49. The van der Waals surface area contributed by atoms with Crippen LogP contribution in [0.25, 0.3) is 6.08 Å². The second kappa shape index (κ2) is 11.1. The normalized spacial score (nSPS) is 20.4. The van der Waals surface area contributed by atoms with Gasteiger partial charge in [0.2, 0.25) is 0 Å². The van der Waals surface area contributed by atoms with Crippen LogP contribution in [0.1, 0.15) is 104 Å². The summed E-state index contributed by atoms with van der Waals surface area (Å²) in [6, 6.07) is 3.56. The summed E-state index contributed by atoms with van der Waals surface area (Å²) in [6.07, 6.45) is 16.0. The molecule has 0 aliphatic carbocycles. The molecule has 1 heterocycles. The predicted octanol–water partition coefficient (Wildman–Crippen LogP) is 8.30. The molecule has 1 unspecified atom stereocenters. The first kappa shape index (κ1) is 23.8. The molecule has 1 aromatic rings. The summed E-state index contributed by atoms with van der Waals surface area (Å²) in [5, 5.41) is 9.78. The molecule has 0 aromatic heterocycles. The Morgan fingerprint density at radius 3 is 2.10 bits per heavy atom. The Morgan fingerprint density at radius 2 is 1.48 bits per heavy atom. The van der Waals surface area contributed by atoms with E-state index in [9.17, 15) is 5.11 Å². The SMILES string of the molecule is Cc1cc(O)cc2c1OC(C)(CCC[C@@H](C)CCC[C@@H](C)CCCC(C)C)C=C2. The van der Waals surface area contributed by atoms with Gasteiger partial charge >= 0.3 is 0 Å². The molecule has 3 atom stereocenters. The summed E-state index contributed by atoms with van der Waals surface area (Å²) in [7, 11) is 0. The smallest absolute Gasteiger partial charge is 0.131 e. The molecule has 2 rings (SSSR count). The lowest BCUT2D eigenvalue weighted by atomic mass is 9.89. The van der Waals surface area contributed by atoms with Crippen molar-refractivity contribution in [3.05, 3.63) is 29.3 Å². The van der Waals surface area contributed by atoms with Crippen LogP contribution in [0.3, 0.4) is 0 Å². The summed E-state index contributed by atoms with van der Waals surface area (Å²) < 4.78 is 6.36. The minimum absolute atomic E-state index is 0.237. The quantitative estimate of drug-likeness (QED) is 0.382. The molecule has 164 valence electrons. The highest BCUT2D eigenvalue weighted by Crippen LogP contribution is 2.38. The van der Waals surface area contributed by atoms with Gasteiger partial charge in [-0.15, -0.1) is 0 Å². The summed E-state index contributed by atoms with van der Waals surface area (Å²) in [6.45, 7) is 13.7. The van der Waals surface area contributed by atoms with Crippen molar-refractivity contribution in [1.82, 2.24) is 0 Å². The number of phenols is 1. The minimum Gasteiger partial charge on any atom is -0.508 e. The first-order chi connectivity index (χ1) is 13.7. The molecule has 1 N–H and O–H groups in total. The molecule has 1 aliphatic heterocycles. The number of aryl methyl sites for hydroxylation is 1. The van der Waals surface area contributed by atoms with E-state index in [0.29, 0.717) is 5.75 Å². The first-order valence-corrected chi connectivity index (χ1v) is 11.9. The Labute approximate surface area is 179 Å². The third-order valence-electron chi connectivity index (χ3n) is 6.48. The Balaban J connectivity index is 1.66. The largest absolute Gasteiger partial charge is 0.508 e. The molecular weight excluding hydrogens is 356 g/mol. The van der Waals surface area contributed by atoms with Crippen molar-refractivity contribution < 1.29 is 9.84 Å². The zero-order valence-corrected chi connectivity index (χ0v) is 19.8. The number of hydrogen-bond donors (Lipinski definition) is 1. The highest BCUT2D eigenvalue weighted by Gasteiger charge is 2.28. The van der Waals surface area contributed by atoms with Crippen molar-refractivity contribution in [2.45, 2.75) is 105 Å². The van der Waals surface area contributed by atoms with Crippen LogP contribution in [-0.4, -0.2) is 10.7 Å². The molecule has 2 heteroatoms. The van der Waals surface area contributed by atoms with E-state index >= 15 is 0 Å². The Kier molecular flexibility index (Phi) is 9.11. The number of ether oxygens (including phenoxy) is 1. The maximum absolute atomic E-state index is 9.78. The van der Waals surface area contributed by atoms with Gasteiger partial charge in [-0.1, -0.05) is 78.7 Å². The fraction of sp³-hybridized carbons (Fsp3) is 0.704. The van der Waals surface area contributed by atoms with Crippen molar-refractivity contribution in [2.75, 3.05) is 0 Å². The van der Waals surface area contributed by atoms with Gasteiger partial charge in [0, 0.05) is 5.56 Å². The number of benzene rings is 1. The van der Waals surface area contributed by atoms with E-state index in [2.05, 4.69) is 46.8 Å². The van der Waals surface area contributed by atoms with Crippen molar-refractivity contribution in [3.63, 3.8) is 0 Å². The van der Waals surface area contributed by atoms with Crippen LogP contribution in [0.4, 0.5) is 0 Å². The molecule has 2 nitrogen and oxygen atoms in total. The molecule has 29 heavy (non-hydrogen) atoms. The summed E-state index contributed by atoms with van der Waals surface area (Å²) in [4.78, 5) is 0. The van der Waals surface area contributed by atoms with Crippen LogP contribution in [-0.2, 0) is 0 Å². The molecule has 1 aliphatic rings. The number of fused-ring (bicyclic) bond motifs is 1. The van der Waals surface area contributed by atoms with Gasteiger partial charge in [0.05, 0.1) is 0 Å². The van der Waals surface area contributed by atoms with E-state index in [1.165, 1.54) is 51.4 Å². The lowest BCUT2D eigenvalue weighted by Crippen LogP contribution is -2.32. The van der Waals surface area contributed by atoms with Gasteiger partial charge in [-0.05, 0) is 68.2 Å². The van der Waals surface area contributed by atoms with Gasteiger partial charge in [-0.25, -0.2) is 0 Å². The number of aromatic hydroxyl groups is 1. The predicted molar refractivity (Wildman–Crippen MR) is 126 cm³/mol. The second-order valence-electron chi connectivity index (χ2n) is 10.3. The van der Waals surface area contributed by atoms with Crippen molar-refractivity contribution >= 4 is 6.08 Å². The molecule has 0 saturated heterocycles. The maximum atomic E-state index is 9.78. The maximum Gasteiger partial charge on any atom is 0.131 e. The number of phenolic OH excluding ortho intramolecular Hbond substituents is 1. The summed E-state index contributed by atoms with van der Waals surface area (Å²) in [5.41, 5.74) is 1.75. The molecular formula is C27H44O2. The van der Waals surface area contributed by atoms with E-state index in [1.54, 1.807) is 12.1 Å². The van der Waals surface area contributed by atoms with E-state index in [-0.39, 0.29) is 5.60 Å². The van der Waals surface area contributed by atoms with Gasteiger partial charge in [0.25, 0.3) is 0 Å². The van der Waals surface area contributed by atoms with Crippen molar-refractivity contribution in [2.24, 2.45) is 17.8 Å². The van der Waals surface area contributed by atoms with Crippen molar-refractivity contribution in [3.8, 4) is 11.5 Å². The lowest BCUT2D eigenvalue weighted by molar-refractivity contribution is 0.121. The third-order valence-corrected chi connectivity index (χ3v) is 6.48. The minimum atomic E-state index is -0.237. The topological polar surface area (TPSA) is 29.5 Å². The average Bonchev–Trinajstić information content (AvgIpc) is 2.62.